The van der Waals surface area contributed by atoms with Gasteiger partial charge < -0.3 is 14.4 Å². The van der Waals surface area contributed by atoms with Gasteiger partial charge in [0.15, 0.2) is 6.61 Å². The first-order valence-corrected chi connectivity index (χ1v) is 8.81. The van der Waals surface area contributed by atoms with Gasteiger partial charge in [0.25, 0.3) is 5.91 Å². The monoisotopic (exact) mass is 353 g/mol. The van der Waals surface area contributed by atoms with Crippen molar-refractivity contribution < 1.29 is 19.1 Å². The van der Waals surface area contributed by atoms with E-state index in [1.54, 1.807) is 4.90 Å². The molecule has 0 saturated carbocycles. The summed E-state index contributed by atoms with van der Waals surface area (Å²) < 4.78 is 10.4. The lowest BCUT2D eigenvalue weighted by molar-refractivity contribution is -0.149. The Morgan fingerprint density at radius 1 is 0.962 bits per heavy atom. The number of esters is 1. The molecule has 0 bridgehead atoms. The highest BCUT2D eigenvalue weighted by Crippen LogP contribution is 2.22. The van der Waals surface area contributed by atoms with E-state index in [4.69, 9.17) is 9.47 Å². The van der Waals surface area contributed by atoms with Gasteiger partial charge in [-0.05, 0) is 36.1 Å². The molecule has 1 aliphatic heterocycles. The van der Waals surface area contributed by atoms with Crippen molar-refractivity contribution in [1.82, 2.24) is 4.90 Å². The second-order valence-corrected chi connectivity index (χ2v) is 6.36. The molecule has 1 saturated heterocycles. The maximum absolute atomic E-state index is 12.3. The topological polar surface area (TPSA) is 55.8 Å². The Balaban J connectivity index is 1.48. The van der Waals surface area contributed by atoms with Crippen molar-refractivity contribution in [1.29, 1.82) is 0 Å². The van der Waals surface area contributed by atoms with Crippen LogP contribution in [0.1, 0.15) is 12.8 Å². The second kappa shape index (κ2) is 8.52. The van der Waals surface area contributed by atoms with Gasteiger partial charge in [0.2, 0.25) is 0 Å². The summed E-state index contributed by atoms with van der Waals surface area (Å²) in [4.78, 5) is 25.6. The van der Waals surface area contributed by atoms with Gasteiger partial charge in [-0.15, -0.1) is 0 Å². The summed E-state index contributed by atoms with van der Waals surface area (Å²) >= 11 is 0. The fraction of sp³-hybridized carbons (Fsp3) is 0.333. The van der Waals surface area contributed by atoms with Crippen molar-refractivity contribution in [3.8, 4) is 16.9 Å². The van der Waals surface area contributed by atoms with Gasteiger partial charge in [-0.1, -0.05) is 42.5 Å². The van der Waals surface area contributed by atoms with Crippen molar-refractivity contribution in [2.75, 3.05) is 26.8 Å². The highest BCUT2D eigenvalue weighted by Gasteiger charge is 2.27. The molecule has 136 valence electrons. The lowest BCUT2D eigenvalue weighted by atomic mass is 9.97. The molecule has 2 aromatic rings. The summed E-state index contributed by atoms with van der Waals surface area (Å²) in [5.74, 6) is 0.324. The summed E-state index contributed by atoms with van der Waals surface area (Å²) in [6.45, 7) is 1.14. The Labute approximate surface area is 153 Å². The average molecular weight is 353 g/mol. The Morgan fingerprint density at radius 3 is 2.19 bits per heavy atom. The van der Waals surface area contributed by atoms with E-state index >= 15 is 0 Å². The predicted molar refractivity (Wildman–Crippen MR) is 98.7 cm³/mol. The van der Waals surface area contributed by atoms with Crippen LogP contribution in [0.25, 0.3) is 11.1 Å². The van der Waals surface area contributed by atoms with Gasteiger partial charge >= 0.3 is 5.97 Å². The van der Waals surface area contributed by atoms with E-state index in [-0.39, 0.29) is 24.4 Å². The Kier molecular flexibility index (Phi) is 5.89. The van der Waals surface area contributed by atoms with Crippen LogP contribution in [0, 0.1) is 5.92 Å². The summed E-state index contributed by atoms with van der Waals surface area (Å²) in [5.41, 5.74) is 2.25. The fourth-order valence-corrected chi connectivity index (χ4v) is 3.14. The number of hydrogen-bond acceptors (Lipinski definition) is 4. The van der Waals surface area contributed by atoms with Gasteiger partial charge in [-0.3, -0.25) is 9.59 Å². The summed E-state index contributed by atoms with van der Waals surface area (Å²) in [6, 6.07) is 17.8. The van der Waals surface area contributed by atoms with Crippen molar-refractivity contribution in [2.45, 2.75) is 12.8 Å². The number of likely N-dealkylation sites (tertiary alicyclic amines) is 1. The van der Waals surface area contributed by atoms with Crippen molar-refractivity contribution in [3.05, 3.63) is 54.6 Å². The molecule has 1 aliphatic rings. The summed E-state index contributed by atoms with van der Waals surface area (Å²) in [5, 5.41) is 0. The molecule has 0 aromatic heterocycles. The van der Waals surface area contributed by atoms with Crippen molar-refractivity contribution in [2.24, 2.45) is 5.92 Å². The number of ether oxygens (including phenoxy) is 2. The van der Waals surface area contributed by atoms with Crippen LogP contribution >= 0.6 is 0 Å². The highest BCUT2D eigenvalue weighted by molar-refractivity contribution is 5.78. The maximum Gasteiger partial charge on any atom is 0.308 e. The number of piperidine rings is 1. The Morgan fingerprint density at radius 2 is 1.58 bits per heavy atom. The first-order chi connectivity index (χ1) is 12.7. The summed E-state index contributed by atoms with van der Waals surface area (Å²) in [7, 11) is 1.40. The molecule has 2 aromatic carbocycles. The van der Waals surface area contributed by atoms with Crippen LogP contribution in [-0.4, -0.2) is 43.6 Å². The van der Waals surface area contributed by atoms with Crippen LogP contribution in [0.3, 0.4) is 0 Å². The zero-order valence-corrected chi connectivity index (χ0v) is 14.9. The van der Waals surface area contributed by atoms with Crippen LogP contribution in [0.2, 0.25) is 0 Å². The fourth-order valence-electron chi connectivity index (χ4n) is 3.14. The number of amides is 1. The SMILES string of the molecule is COC(=O)C1CCN(C(=O)COc2ccc(-c3ccccc3)cc2)CC1. The van der Waals surface area contributed by atoms with Gasteiger partial charge in [0.1, 0.15) is 5.75 Å². The third kappa shape index (κ3) is 4.42. The molecule has 1 fully saturated rings. The van der Waals surface area contributed by atoms with Crippen molar-refractivity contribution in [3.63, 3.8) is 0 Å². The lowest BCUT2D eigenvalue weighted by Crippen LogP contribution is -2.42. The molecule has 0 aliphatic carbocycles. The third-order valence-corrected chi connectivity index (χ3v) is 4.71. The molecule has 0 radical (unpaired) electrons. The zero-order valence-electron chi connectivity index (χ0n) is 14.9. The molecule has 0 atom stereocenters. The largest absolute Gasteiger partial charge is 0.484 e. The van der Waals surface area contributed by atoms with E-state index in [1.807, 2.05) is 42.5 Å². The van der Waals surface area contributed by atoms with Crippen LogP contribution in [0.4, 0.5) is 0 Å². The van der Waals surface area contributed by atoms with E-state index in [1.165, 1.54) is 7.11 Å². The molecule has 0 N–H and O–H groups in total. The average Bonchev–Trinajstić information content (AvgIpc) is 2.72. The van der Waals surface area contributed by atoms with Gasteiger partial charge in [0.05, 0.1) is 13.0 Å². The molecule has 5 heteroatoms. The number of methoxy groups -OCH3 is 1. The van der Waals surface area contributed by atoms with Crippen LogP contribution in [0.15, 0.2) is 54.6 Å². The second-order valence-electron chi connectivity index (χ2n) is 6.36. The number of carbonyl (C=O) groups excluding carboxylic acids is 2. The quantitative estimate of drug-likeness (QED) is 0.775. The van der Waals surface area contributed by atoms with Gasteiger partial charge in [-0.2, -0.15) is 0 Å². The van der Waals surface area contributed by atoms with Gasteiger partial charge in [-0.25, -0.2) is 0 Å². The first kappa shape index (κ1) is 18.0. The predicted octanol–water partition coefficient (Wildman–Crippen LogP) is 3.14. The number of nitrogens with zero attached hydrogens (tertiary/aromatic N) is 1. The minimum atomic E-state index is -0.188. The molecule has 5 nitrogen and oxygen atoms in total. The highest BCUT2D eigenvalue weighted by atomic mass is 16.5. The Hall–Kier alpha value is -2.82. The number of hydrogen-bond donors (Lipinski definition) is 0. The molecular weight excluding hydrogens is 330 g/mol. The molecular formula is C21H23NO4. The molecule has 0 spiro atoms. The van der Waals surface area contributed by atoms with E-state index in [0.717, 1.165) is 11.1 Å². The van der Waals surface area contributed by atoms with Gasteiger partial charge in [0, 0.05) is 13.1 Å². The van der Waals surface area contributed by atoms with E-state index in [9.17, 15) is 9.59 Å². The van der Waals surface area contributed by atoms with Crippen LogP contribution in [-0.2, 0) is 14.3 Å². The number of carbonyl (C=O) groups is 2. The summed E-state index contributed by atoms with van der Waals surface area (Å²) in [6.07, 6.45) is 1.29. The smallest absolute Gasteiger partial charge is 0.308 e. The number of rotatable bonds is 5. The normalized spacial score (nSPS) is 14.7. The maximum atomic E-state index is 12.3. The van der Waals surface area contributed by atoms with Crippen LogP contribution < -0.4 is 4.74 Å². The standard InChI is InChI=1S/C21H23NO4/c1-25-21(24)18-11-13-22(14-12-18)20(23)15-26-19-9-7-17(8-10-19)16-5-3-2-4-6-16/h2-10,18H,11-15H2,1H3. The first-order valence-electron chi connectivity index (χ1n) is 8.81. The zero-order chi connectivity index (χ0) is 18.4. The van der Waals surface area contributed by atoms with Crippen molar-refractivity contribution >= 4 is 11.9 Å². The van der Waals surface area contributed by atoms with Crippen LogP contribution in [0.5, 0.6) is 5.75 Å². The van der Waals surface area contributed by atoms with E-state index in [2.05, 4.69) is 12.1 Å². The third-order valence-electron chi connectivity index (χ3n) is 4.71. The minimum absolute atomic E-state index is 0.00751. The molecule has 1 heterocycles. The van der Waals surface area contributed by atoms with E-state index in [0.29, 0.717) is 31.7 Å². The number of benzene rings is 2. The molecule has 1 amide bonds. The molecule has 26 heavy (non-hydrogen) atoms. The molecule has 0 unspecified atom stereocenters. The Bertz CT molecular complexity index is 734. The lowest BCUT2D eigenvalue weighted by Gasteiger charge is -2.30. The van der Waals surface area contributed by atoms with E-state index < -0.39 is 0 Å². The molecule has 3 rings (SSSR count). The minimum Gasteiger partial charge on any atom is -0.484 e.